The molecule has 3 heterocycles. The predicted molar refractivity (Wildman–Crippen MR) is 115 cm³/mol. The average Bonchev–Trinajstić information content (AvgIpc) is 3.14. The van der Waals surface area contributed by atoms with Gasteiger partial charge in [-0.1, -0.05) is 36.4 Å². The van der Waals surface area contributed by atoms with E-state index in [0.717, 1.165) is 35.3 Å². The second kappa shape index (κ2) is 8.57. The molecule has 3 aromatic rings. The minimum Gasteiger partial charge on any atom is -0.450 e. The van der Waals surface area contributed by atoms with Crippen molar-refractivity contribution >= 4 is 23.5 Å². The van der Waals surface area contributed by atoms with Crippen molar-refractivity contribution in [3.8, 4) is 11.3 Å². The van der Waals surface area contributed by atoms with Gasteiger partial charge in [0.05, 0.1) is 12.5 Å². The van der Waals surface area contributed by atoms with E-state index >= 15 is 0 Å². The van der Waals surface area contributed by atoms with Crippen LogP contribution < -0.4 is 5.32 Å². The van der Waals surface area contributed by atoms with Crippen LogP contribution in [0.3, 0.4) is 0 Å². The number of rotatable bonds is 4. The van der Waals surface area contributed by atoms with Crippen LogP contribution in [0.25, 0.3) is 16.9 Å². The number of ether oxygens (including phenoxy) is 1. The first-order valence-corrected chi connectivity index (χ1v) is 10.3. The Morgan fingerprint density at radius 2 is 2.00 bits per heavy atom. The molecular weight excluding hydrogens is 380 g/mol. The SMILES string of the molecule is CCOC(=O)N1CCCC(C(=O)Nc2c(-c3ccccc3)nc3c(C)cccn23)C1. The fraction of sp³-hybridized carbons (Fsp3) is 0.348. The smallest absolute Gasteiger partial charge is 0.409 e. The topological polar surface area (TPSA) is 75.9 Å². The summed E-state index contributed by atoms with van der Waals surface area (Å²) >= 11 is 0. The molecule has 2 amide bonds. The Morgan fingerprint density at radius 1 is 1.20 bits per heavy atom. The van der Waals surface area contributed by atoms with E-state index in [2.05, 4.69) is 5.32 Å². The molecule has 0 bridgehead atoms. The van der Waals surface area contributed by atoms with Gasteiger partial charge in [-0.3, -0.25) is 9.20 Å². The summed E-state index contributed by atoms with van der Waals surface area (Å²) in [6.07, 6.45) is 3.06. The number of nitrogens with one attached hydrogen (secondary N) is 1. The molecule has 1 unspecified atom stereocenters. The lowest BCUT2D eigenvalue weighted by Gasteiger charge is -2.31. The third kappa shape index (κ3) is 3.87. The van der Waals surface area contributed by atoms with Crippen LogP contribution >= 0.6 is 0 Å². The van der Waals surface area contributed by atoms with Gasteiger partial charge in [0.2, 0.25) is 5.91 Å². The summed E-state index contributed by atoms with van der Waals surface area (Å²) in [5.74, 6) is 0.254. The highest BCUT2D eigenvalue weighted by Crippen LogP contribution is 2.30. The van der Waals surface area contributed by atoms with Crippen LogP contribution in [-0.2, 0) is 9.53 Å². The number of aryl methyl sites for hydroxylation is 1. The molecule has 4 rings (SSSR count). The van der Waals surface area contributed by atoms with Crippen LogP contribution in [0.2, 0.25) is 0 Å². The Balaban J connectivity index is 1.64. The van der Waals surface area contributed by atoms with Crippen molar-refractivity contribution in [1.29, 1.82) is 0 Å². The molecule has 30 heavy (non-hydrogen) atoms. The van der Waals surface area contributed by atoms with E-state index in [1.165, 1.54) is 0 Å². The number of hydrogen-bond donors (Lipinski definition) is 1. The van der Waals surface area contributed by atoms with Crippen LogP contribution in [0.1, 0.15) is 25.3 Å². The molecule has 0 radical (unpaired) electrons. The van der Waals surface area contributed by atoms with Crippen molar-refractivity contribution in [3.05, 3.63) is 54.2 Å². The molecule has 1 fully saturated rings. The molecular formula is C23H26N4O3. The number of piperidine rings is 1. The number of hydrogen-bond acceptors (Lipinski definition) is 4. The van der Waals surface area contributed by atoms with E-state index in [0.29, 0.717) is 25.5 Å². The molecule has 7 nitrogen and oxygen atoms in total. The Morgan fingerprint density at radius 3 is 2.77 bits per heavy atom. The van der Waals surface area contributed by atoms with E-state index in [1.54, 1.807) is 11.8 Å². The van der Waals surface area contributed by atoms with Crippen molar-refractivity contribution in [1.82, 2.24) is 14.3 Å². The number of amides is 2. The summed E-state index contributed by atoms with van der Waals surface area (Å²) in [6.45, 7) is 5.09. The lowest BCUT2D eigenvalue weighted by molar-refractivity contribution is -0.121. The maximum atomic E-state index is 13.2. The van der Waals surface area contributed by atoms with Gasteiger partial charge in [0.15, 0.2) is 0 Å². The summed E-state index contributed by atoms with van der Waals surface area (Å²) in [5.41, 5.74) is 3.51. The number of benzene rings is 1. The van der Waals surface area contributed by atoms with E-state index in [9.17, 15) is 9.59 Å². The summed E-state index contributed by atoms with van der Waals surface area (Å²) < 4.78 is 7.02. The van der Waals surface area contributed by atoms with E-state index in [1.807, 2.05) is 60.0 Å². The molecule has 1 atom stereocenters. The summed E-state index contributed by atoms with van der Waals surface area (Å²) in [4.78, 5) is 31.7. The molecule has 0 aliphatic carbocycles. The lowest BCUT2D eigenvalue weighted by Crippen LogP contribution is -2.44. The molecule has 1 N–H and O–H groups in total. The number of imidazole rings is 1. The minimum atomic E-state index is -0.356. The van der Waals surface area contributed by atoms with Crippen LogP contribution in [-0.4, -0.2) is 46.0 Å². The van der Waals surface area contributed by atoms with E-state index in [4.69, 9.17) is 9.72 Å². The highest BCUT2D eigenvalue weighted by atomic mass is 16.6. The third-order valence-corrected chi connectivity index (χ3v) is 5.45. The zero-order valence-corrected chi connectivity index (χ0v) is 17.3. The van der Waals surface area contributed by atoms with E-state index < -0.39 is 0 Å². The number of pyridine rings is 1. The van der Waals surface area contributed by atoms with Crippen molar-refractivity contribution in [2.45, 2.75) is 26.7 Å². The van der Waals surface area contributed by atoms with Gasteiger partial charge < -0.3 is 15.0 Å². The maximum Gasteiger partial charge on any atom is 0.409 e. The molecule has 0 spiro atoms. The number of likely N-dealkylation sites (tertiary alicyclic amines) is 1. The van der Waals surface area contributed by atoms with Crippen molar-refractivity contribution < 1.29 is 14.3 Å². The Labute approximate surface area is 175 Å². The fourth-order valence-electron chi connectivity index (χ4n) is 3.91. The number of anilines is 1. The van der Waals surface area contributed by atoms with Crippen molar-refractivity contribution in [2.75, 3.05) is 25.0 Å². The van der Waals surface area contributed by atoms with Crippen LogP contribution in [0.5, 0.6) is 0 Å². The maximum absolute atomic E-state index is 13.2. The van der Waals surface area contributed by atoms with Gasteiger partial charge in [-0.25, -0.2) is 9.78 Å². The number of carbonyl (C=O) groups is 2. The fourth-order valence-corrected chi connectivity index (χ4v) is 3.91. The number of carbonyl (C=O) groups excluding carboxylic acids is 2. The van der Waals surface area contributed by atoms with Crippen LogP contribution in [0.4, 0.5) is 10.6 Å². The number of nitrogens with zero attached hydrogens (tertiary/aromatic N) is 3. The van der Waals surface area contributed by atoms with Gasteiger partial charge in [0.1, 0.15) is 17.2 Å². The molecule has 1 aromatic carbocycles. The predicted octanol–water partition coefficient (Wildman–Crippen LogP) is 4.12. The normalized spacial score (nSPS) is 16.5. The second-order valence-electron chi connectivity index (χ2n) is 7.53. The van der Waals surface area contributed by atoms with Crippen LogP contribution in [0, 0.1) is 12.8 Å². The van der Waals surface area contributed by atoms with Gasteiger partial charge in [0.25, 0.3) is 0 Å². The zero-order valence-electron chi connectivity index (χ0n) is 17.3. The van der Waals surface area contributed by atoms with Gasteiger partial charge in [-0.05, 0) is 38.3 Å². The van der Waals surface area contributed by atoms with Gasteiger partial charge in [-0.15, -0.1) is 0 Å². The van der Waals surface area contributed by atoms with Crippen molar-refractivity contribution in [3.63, 3.8) is 0 Å². The molecule has 1 saturated heterocycles. The minimum absolute atomic E-state index is 0.107. The number of aromatic nitrogens is 2. The molecule has 7 heteroatoms. The molecule has 156 valence electrons. The Hall–Kier alpha value is -3.35. The molecule has 1 aliphatic heterocycles. The van der Waals surface area contributed by atoms with Gasteiger partial charge in [-0.2, -0.15) is 0 Å². The first-order valence-electron chi connectivity index (χ1n) is 10.3. The standard InChI is InChI=1S/C23H26N4O3/c1-3-30-23(29)26-13-8-12-18(15-26)22(28)25-21-19(17-10-5-4-6-11-17)24-20-16(2)9-7-14-27(20)21/h4-7,9-11,14,18H,3,8,12-13,15H2,1-2H3,(H,25,28). The molecule has 0 saturated carbocycles. The summed E-state index contributed by atoms with van der Waals surface area (Å²) in [5, 5.41) is 3.10. The quantitative estimate of drug-likeness (QED) is 0.707. The summed E-state index contributed by atoms with van der Waals surface area (Å²) in [6, 6.07) is 13.8. The first-order chi connectivity index (χ1) is 14.6. The summed E-state index contributed by atoms with van der Waals surface area (Å²) in [7, 11) is 0. The van der Waals surface area contributed by atoms with E-state index in [-0.39, 0.29) is 17.9 Å². The highest BCUT2D eigenvalue weighted by molar-refractivity contribution is 5.96. The zero-order chi connectivity index (χ0) is 21.1. The third-order valence-electron chi connectivity index (χ3n) is 5.45. The number of fused-ring (bicyclic) bond motifs is 1. The molecule has 1 aliphatic rings. The van der Waals surface area contributed by atoms with Gasteiger partial charge in [0, 0.05) is 24.8 Å². The van der Waals surface area contributed by atoms with Crippen molar-refractivity contribution in [2.24, 2.45) is 5.92 Å². The van der Waals surface area contributed by atoms with Crippen LogP contribution in [0.15, 0.2) is 48.7 Å². The monoisotopic (exact) mass is 406 g/mol. The van der Waals surface area contributed by atoms with Gasteiger partial charge >= 0.3 is 6.09 Å². The second-order valence-corrected chi connectivity index (χ2v) is 7.53. The lowest BCUT2D eigenvalue weighted by atomic mass is 9.97. The largest absolute Gasteiger partial charge is 0.450 e. The molecule has 2 aromatic heterocycles. The Kier molecular flexibility index (Phi) is 5.70. The average molecular weight is 406 g/mol. The highest BCUT2D eigenvalue weighted by Gasteiger charge is 2.30. The Bertz CT molecular complexity index is 1060. The first kappa shape index (κ1) is 19.9.